The maximum absolute atomic E-state index is 6.04. The second-order valence-corrected chi connectivity index (χ2v) is 7.28. The van der Waals surface area contributed by atoms with E-state index >= 15 is 0 Å². The van der Waals surface area contributed by atoms with E-state index in [1.54, 1.807) is 0 Å². The van der Waals surface area contributed by atoms with Gasteiger partial charge in [-0.15, -0.1) is 11.8 Å². The topological polar surface area (TPSA) is 12.0 Å². The maximum Gasteiger partial charge on any atom is 0.0481 e. The van der Waals surface area contributed by atoms with Gasteiger partial charge in [0.25, 0.3) is 0 Å². The van der Waals surface area contributed by atoms with Crippen molar-refractivity contribution in [2.75, 3.05) is 5.32 Å². The van der Waals surface area contributed by atoms with E-state index in [4.69, 9.17) is 11.6 Å². The molecule has 0 saturated heterocycles. The molecule has 1 fully saturated rings. The number of benzene rings is 2. The highest BCUT2D eigenvalue weighted by molar-refractivity contribution is 8.00. The molecule has 0 radical (unpaired) electrons. The van der Waals surface area contributed by atoms with Crippen LogP contribution < -0.4 is 5.32 Å². The van der Waals surface area contributed by atoms with Crippen molar-refractivity contribution in [2.45, 2.75) is 42.4 Å². The average Bonchev–Trinajstić information content (AvgIpc) is 2.99. The molecule has 0 amide bonds. The van der Waals surface area contributed by atoms with Gasteiger partial charge in [-0.05, 0) is 42.7 Å². The largest absolute Gasteiger partial charge is 0.380 e. The Morgan fingerprint density at radius 3 is 2.67 bits per heavy atom. The van der Waals surface area contributed by atoms with Gasteiger partial charge in [-0.2, -0.15) is 0 Å². The summed E-state index contributed by atoms with van der Waals surface area (Å²) < 4.78 is 0. The van der Waals surface area contributed by atoms with Gasteiger partial charge in [-0.25, -0.2) is 0 Å². The van der Waals surface area contributed by atoms with Gasteiger partial charge >= 0.3 is 0 Å². The van der Waals surface area contributed by atoms with Gasteiger partial charge in [-0.3, -0.25) is 0 Å². The van der Waals surface area contributed by atoms with Crippen LogP contribution >= 0.6 is 23.4 Å². The van der Waals surface area contributed by atoms with E-state index in [-0.39, 0.29) is 0 Å². The number of halogens is 1. The maximum atomic E-state index is 6.04. The number of thioether (sulfide) groups is 1. The molecule has 0 bridgehead atoms. The van der Waals surface area contributed by atoms with Crippen molar-refractivity contribution in [3.8, 4) is 0 Å². The number of nitrogens with one attached hydrogen (secondary N) is 1. The third-order valence-corrected chi connectivity index (χ3v) is 5.50. The van der Waals surface area contributed by atoms with Crippen LogP contribution in [-0.4, -0.2) is 5.25 Å². The number of rotatable bonds is 5. The van der Waals surface area contributed by atoms with Gasteiger partial charge in [0.1, 0.15) is 0 Å². The summed E-state index contributed by atoms with van der Waals surface area (Å²) in [5.41, 5.74) is 2.44. The number of para-hydroxylation sites is 1. The summed E-state index contributed by atoms with van der Waals surface area (Å²) in [6.07, 6.45) is 5.48. The van der Waals surface area contributed by atoms with Gasteiger partial charge in [0.05, 0.1) is 0 Å². The van der Waals surface area contributed by atoms with Crippen LogP contribution in [0.1, 0.15) is 31.2 Å². The Labute approximate surface area is 136 Å². The minimum absolute atomic E-state index is 0.791. The van der Waals surface area contributed by atoms with E-state index in [1.165, 1.54) is 41.8 Å². The standard InChI is InChI=1S/C18H20ClNS/c19-15-7-5-6-14(12-15)13-20-17-10-3-4-11-18(17)21-16-8-1-2-9-16/h3-7,10-12,16,20H,1-2,8-9,13H2. The van der Waals surface area contributed by atoms with Crippen molar-refractivity contribution in [2.24, 2.45) is 0 Å². The lowest BCUT2D eigenvalue weighted by molar-refractivity contribution is 0.886. The fraction of sp³-hybridized carbons (Fsp3) is 0.333. The van der Waals surface area contributed by atoms with Gasteiger partial charge in [0, 0.05) is 27.4 Å². The van der Waals surface area contributed by atoms with Crippen molar-refractivity contribution >= 4 is 29.1 Å². The molecule has 2 aromatic carbocycles. The Hall–Kier alpha value is -1.12. The molecule has 0 atom stereocenters. The summed E-state index contributed by atoms with van der Waals surface area (Å²) in [6, 6.07) is 16.6. The minimum Gasteiger partial charge on any atom is -0.380 e. The molecular weight excluding hydrogens is 298 g/mol. The Morgan fingerprint density at radius 2 is 1.86 bits per heavy atom. The van der Waals surface area contributed by atoms with E-state index in [0.717, 1.165) is 16.8 Å². The van der Waals surface area contributed by atoms with E-state index < -0.39 is 0 Å². The molecule has 0 heterocycles. The first-order valence-electron chi connectivity index (χ1n) is 7.55. The average molecular weight is 318 g/mol. The minimum atomic E-state index is 0.791. The summed E-state index contributed by atoms with van der Waals surface area (Å²) in [5, 5.41) is 5.14. The highest BCUT2D eigenvalue weighted by Crippen LogP contribution is 2.38. The van der Waals surface area contributed by atoms with Crippen LogP contribution in [0.4, 0.5) is 5.69 Å². The zero-order valence-corrected chi connectivity index (χ0v) is 13.6. The molecule has 1 saturated carbocycles. The monoisotopic (exact) mass is 317 g/mol. The van der Waals surface area contributed by atoms with Crippen molar-refractivity contribution in [1.82, 2.24) is 0 Å². The Balaban J connectivity index is 1.67. The third kappa shape index (κ3) is 4.18. The van der Waals surface area contributed by atoms with Gasteiger partial charge in [0.2, 0.25) is 0 Å². The number of hydrogen-bond acceptors (Lipinski definition) is 2. The molecule has 3 rings (SSSR count). The van der Waals surface area contributed by atoms with Crippen molar-refractivity contribution in [3.05, 3.63) is 59.1 Å². The fourth-order valence-corrected chi connectivity index (χ4v) is 4.31. The molecule has 1 aliphatic rings. The Bertz CT molecular complexity index is 593. The lowest BCUT2D eigenvalue weighted by atomic mass is 10.2. The highest BCUT2D eigenvalue weighted by atomic mass is 35.5. The lowest BCUT2D eigenvalue weighted by Crippen LogP contribution is -2.02. The normalized spacial score (nSPS) is 15.3. The molecule has 110 valence electrons. The summed E-state index contributed by atoms with van der Waals surface area (Å²) in [6.45, 7) is 0.808. The molecular formula is C18H20ClNS. The quantitative estimate of drug-likeness (QED) is 0.727. The summed E-state index contributed by atoms with van der Waals surface area (Å²) in [5.74, 6) is 0. The van der Waals surface area contributed by atoms with E-state index in [1.807, 2.05) is 30.0 Å². The first-order valence-corrected chi connectivity index (χ1v) is 8.81. The van der Waals surface area contributed by atoms with Crippen LogP contribution in [-0.2, 0) is 6.54 Å². The lowest BCUT2D eigenvalue weighted by Gasteiger charge is -2.15. The highest BCUT2D eigenvalue weighted by Gasteiger charge is 2.17. The molecule has 3 heteroatoms. The Morgan fingerprint density at radius 1 is 1.05 bits per heavy atom. The predicted molar refractivity (Wildman–Crippen MR) is 93.3 cm³/mol. The molecule has 0 unspecified atom stereocenters. The van der Waals surface area contributed by atoms with Gasteiger partial charge in [0.15, 0.2) is 0 Å². The molecule has 0 aromatic heterocycles. The molecule has 0 spiro atoms. The van der Waals surface area contributed by atoms with Crippen LogP contribution in [0.3, 0.4) is 0 Å². The van der Waals surface area contributed by atoms with E-state index in [0.29, 0.717) is 0 Å². The molecule has 0 aliphatic heterocycles. The second kappa shape index (κ2) is 7.24. The van der Waals surface area contributed by atoms with Gasteiger partial charge < -0.3 is 5.32 Å². The van der Waals surface area contributed by atoms with Crippen molar-refractivity contribution in [3.63, 3.8) is 0 Å². The fourth-order valence-electron chi connectivity index (χ4n) is 2.75. The molecule has 21 heavy (non-hydrogen) atoms. The Kier molecular flexibility index (Phi) is 5.10. The molecule has 1 aliphatic carbocycles. The van der Waals surface area contributed by atoms with Crippen LogP contribution in [0.25, 0.3) is 0 Å². The summed E-state index contributed by atoms with van der Waals surface area (Å²) in [7, 11) is 0. The third-order valence-electron chi connectivity index (χ3n) is 3.85. The van der Waals surface area contributed by atoms with Gasteiger partial charge in [-0.1, -0.05) is 48.7 Å². The van der Waals surface area contributed by atoms with Crippen LogP contribution in [0.5, 0.6) is 0 Å². The SMILES string of the molecule is Clc1cccc(CNc2ccccc2SC2CCCC2)c1. The number of anilines is 1. The van der Waals surface area contributed by atoms with E-state index in [2.05, 4.69) is 35.6 Å². The second-order valence-electron chi connectivity index (χ2n) is 5.50. The molecule has 1 nitrogen and oxygen atoms in total. The van der Waals surface area contributed by atoms with Crippen LogP contribution in [0, 0.1) is 0 Å². The van der Waals surface area contributed by atoms with Crippen LogP contribution in [0.2, 0.25) is 5.02 Å². The molecule has 2 aromatic rings. The number of hydrogen-bond donors (Lipinski definition) is 1. The van der Waals surface area contributed by atoms with Crippen molar-refractivity contribution < 1.29 is 0 Å². The van der Waals surface area contributed by atoms with Crippen LogP contribution in [0.15, 0.2) is 53.4 Å². The molecule has 1 N–H and O–H groups in total. The van der Waals surface area contributed by atoms with E-state index in [9.17, 15) is 0 Å². The first-order chi connectivity index (χ1) is 10.3. The first kappa shape index (κ1) is 14.8. The zero-order chi connectivity index (χ0) is 14.5. The predicted octanol–water partition coefficient (Wildman–Crippen LogP) is 5.99. The van der Waals surface area contributed by atoms with Crippen molar-refractivity contribution in [1.29, 1.82) is 0 Å². The summed E-state index contributed by atoms with van der Waals surface area (Å²) in [4.78, 5) is 1.37. The zero-order valence-electron chi connectivity index (χ0n) is 12.0. The smallest absolute Gasteiger partial charge is 0.0481 e. The summed E-state index contributed by atoms with van der Waals surface area (Å²) >= 11 is 8.07.